The lowest BCUT2D eigenvalue weighted by Gasteiger charge is -2.26. The van der Waals surface area contributed by atoms with Crippen molar-refractivity contribution < 1.29 is 17.6 Å². The van der Waals surface area contributed by atoms with Crippen molar-refractivity contribution in [2.24, 2.45) is 0 Å². The Labute approximate surface area is 169 Å². The van der Waals surface area contributed by atoms with Gasteiger partial charge < -0.3 is 4.90 Å². The van der Waals surface area contributed by atoms with Crippen molar-refractivity contribution >= 4 is 27.5 Å². The number of rotatable bonds is 5. The first-order valence-corrected chi connectivity index (χ1v) is 10.9. The van der Waals surface area contributed by atoms with E-state index in [1.165, 1.54) is 39.5 Å². The quantitative estimate of drug-likeness (QED) is 0.726. The van der Waals surface area contributed by atoms with Crippen LogP contribution in [0.5, 0.6) is 0 Å². The highest BCUT2D eigenvalue weighted by molar-refractivity contribution is 7.89. The van der Waals surface area contributed by atoms with Crippen molar-refractivity contribution in [2.45, 2.75) is 30.7 Å². The van der Waals surface area contributed by atoms with Crippen LogP contribution in [0.1, 0.15) is 41.7 Å². The Morgan fingerprint density at radius 3 is 2.36 bits per heavy atom. The summed E-state index contributed by atoms with van der Waals surface area (Å²) < 4.78 is 40.2. The minimum Gasteiger partial charge on any atom is -0.335 e. The van der Waals surface area contributed by atoms with Crippen LogP contribution in [0.2, 0.25) is 5.02 Å². The van der Waals surface area contributed by atoms with Crippen molar-refractivity contribution in [3.63, 3.8) is 0 Å². The zero-order chi connectivity index (χ0) is 20.5. The van der Waals surface area contributed by atoms with E-state index in [2.05, 4.69) is 0 Å². The average molecular weight is 425 g/mol. The fourth-order valence-corrected chi connectivity index (χ4v) is 4.98. The lowest BCUT2D eigenvalue weighted by molar-refractivity contribution is 0.0742. The van der Waals surface area contributed by atoms with Gasteiger partial charge in [0.05, 0.1) is 21.5 Å². The van der Waals surface area contributed by atoms with E-state index in [1.54, 1.807) is 19.2 Å². The number of sulfonamides is 1. The zero-order valence-corrected chi connectivity index (χ0v) is 17.3. The smallest absolute Gasteiger partial charge is 0.255 e. The van der Waals surface area contributed by atoms with Gasteiger partial charge >= 0.3 is 0 Å². The summed E-state index contributed by atoms with van der Waals surface area (Å²) in [5, 5.41) is 0.184. The number of carbonyl (C=O) groups is 1. The number of hydrogen-bond acceptors (Lipinski definition) is 3. The molecule has 8 heteroatoms. The van der Waals surface area contributed by atoms with Crippen LogP contribution in [0.4, 0.5) is 4.39 Å². The third-order valence-corrected chi connectivity index (χ3v) is 7.35. The highest BCUT2D eigenvalue weighted by atomic mass is 35.5. The first-order chi connectivity index (χ1) is 13.2. The van der Waals surface area contributed by atoms with Gasteiger partial charge in [0.2, 0.25) is 10.0 Å². The molecular formula is C20H22ClFN2O3S. The SMILES string of the molecule is CC(c1ccc(F)cc1)N(C)C(=O)c1cc(S(=O)(=O)N2CCCC2)ccc1Cl. The van der Waals surface area contributed by atoms with Gasteiger partial charge in [-0.2, -0.15) is 4.31 Å². The minimum absolute atomic E-state index is 0.0602. The summed E-state index contributed by atoms with van der Waals surface area (Å²) >= 11 is 6.21. The predicted molar refractivity (Wildman–Crippen MR) is 106 cm³/mol. The number of benzene rings is 2. The zero-order valence-electron chi connectivity index (χ0n) is 15.7. The van der Waals surface area contributed by atoms with Crippen LogP contribution in [0.25, 0.3) is 0 Å². The molecule has 1 saturated heterocycles. The molecule has 0 bridgehead atoms. The Morgan fingerprint density at radius 1 is 1.14 bits per heavy atom. The lowest BCUT2D eigenvalue weighted by atomic mass is 10.1. The molecule has 1 aliphatic heterocycles. The van der Waals surface area contributed by atoms with Crippen LogP contribution >= 0.6 is 11.6 Å². The molecule has 1 unspecified atom stereocenters. The number of hydrogen-bond donors (Lipinski definition) is 0. The van der Waals surface area contributed by atoms with E-state index in [4.69, 9.17) is 11.6 Å². The first-order valence-electron chi connectivity index (χ1n) is 9.04. The predicted octanol–water partition coefficient (Wildman–Crippen LogP) is 4.10. The highest BCUT2D eigenvalue weighted by Gasteiger charge is 2.29. The van der Waals surface area contributed by atoms with E-state index in [1.807, 2.05) is 6.92 Å². The van der Waals surface area contributed by atoms with Crippen molar-refractivity contribution in [1.82, 2.24) is 9.21 Å². The van der Waals surface area contributed by atoms with Crippen LogP contribution < -0.4 is 0 Å². The maximum absolute atomic E-state index is 13.2. The Hall–Kier alpha value is -1.96. The summed E-state index contributed by atoms with van der Waals surface area (Å²) in [7, 11) is -2.05. The van der Waals surface area contributed by atoms with Crippen molar-refractivity contribution in [3.8, 4) is 0 Å². The monoisotopic (exact) mass is 424 g/mol. The van der Waals surface area contributed by atoms with Crippen LogP contribution in [0, 0.1) is 5.82 Å². The molecule has 3 rings (SSSR count). The number of nitrogens with zero attached hydrogens (tertiary/aromatic N) is 2. The van der Waals surface area contributed by atoms with Gasteiger partial charge in [0.1, 0.15) is 5.82 Å². The van der Waals surface area contributed by atoms with Crippen molar-refractivity contribution in [2.75, 3.05) is 20.1 Å². The third kappa shape index (κ3) is 4.06. The van der Waals surface area contributed by atoms with Gasteiger partial charge in [-0.05, 0) is 55.7 Å². The molecule has 5 nitrogen and oxygen atoms in total. The van der Waals surface area contributed by atoms with Gasteiger partial charge in [-0.15, -0.1) is 0 Å². The van der Waals surface area contributed by atoms with E-state index in [0.717, 1.165) is 18.4 Å². The lowest BCUT2D eigenvalue weighted by Crippen LogP contribution is -2.31. The van der Waals surface area contributed by atoms with E-state index in [9.17, 15) is 17.6 Å². The van der Waals surface area contributed by atoms with Crippen LogP contribution in [0.3, 0.4) is 0 Å². The van der Waals surface area contributed by atoms with Crippen LogP contribution in [-0.2, 0) is 10.0 Å². The second-order valence-electron chi connectivity index (χ2n) is 6.90. The molecule has 0 spiro atoms. The summed E-state index contributed by atoms with van der Waals surface area (Å²) in [6.45, 7) is 2.77. The molecule has 0 saturated carbocycles. The molecule has 1 fully saturated rings. The van der Waals surface area contributed by atoms with Gasteiger partial charge in [0.25, 0.3) is 5.91 Å². The largest absolute Gasteiger partial charge is 0.335 e. The second kappa shape index (κ2) is 8.19. The summed E-state index contributed by atoms with van der Waals surface area (Å²) in [5.41, 5.74) is 0.882. The Balaban J connectivity index is 1.89. The average Bonchev–Trinajstić information content (AvgIpc) is 3.23. The maximum atomic E-state index is 13.2. The standard InChI is InChI=1S/C20H22ClFN2O3S/c1-14(15-5-7-16(22)8-6-15)23(2)20(25)18-13-17(9-10-19(18)21)28(26,27)24-11-3-4-12-24/h5-10,13-14H,3-4,11-12H2,1-2H3. The molecular weight excluding hydrogens is 403 g/mol. The molecule has 1 heterocycles. The molecule has 1 amide bonds. The number of halogens is 2. The molecule has 2 aromatic rings. The van der Waals surface area contributed by atoms with Crippen molar-refractivity contribution in [3.05, 3.63) is 64.4 Å². The van der Waals surface area contributed by atoms with Crippen molar-refractivity contribution in [1.29, 1.82) is 0 Å². The van der Waals surface area contributed by atoms with Gasteiger partial charge in [-0.3, -0.25) is 4.79 Å². The van der Waals surface area contributed by atoms with Gasteiger partial charge in [-0.25, -0.2) is 12.8 Å². The van der Waals surface area contributed by atoms with E-state index < -0.39 is 15.9 Å². The summed E-state index contributed by atoms with van der Waals surface area (Å²) in [4.78, 5) is 14.5. The normalized spacial score (nSPS) is 16.1. The Kier molecular flexibility index (Phi) is 6.07. The Morgan fingerprint density at radius 2 is 1.75 bits per heavy atom. The molecule has 1 atom stereocenters. The van der Waals surface area contributed by atoms with Gasteiger partial charge in [0.15, 0.2) is 0 Å². The second-order valence-corrected chi connectivity index (χ2v) is 9.24. The molecule has 2 aromatic carbocycles. The van der Waals surface area contributed by atoms with Gasteiger partial charge in [0, 0.05) is 20.1 Å². The van der Waals surface area contributed by atoms with E-state index >= 15 is 0 Å². The molecule has 0 radical (unpaired) electrons. The van der Waals surface area contributed by atoms with E-state index in [0.29, 0.717) is 13.1 Å². The Bertz CT molecular complexity index is 973. The third-order valence-electron chi connectivity index (χ3n) is 5.12. The van der Waals surface area contributed by atoms with Crippen LogP contribution in [0.15, 0.2) is 47.4 Å². The molecule has 0 N–H and O–H groups in total. The molecule has 150 valence electrons. The first kappa shape index (κ1) is 20.8. The summed E-state index contributed by atoms with van der Waals surface area (Å²) in [5.74, 6) is -0.756. The number of amides is 1. The molecule has 28 heavy (non-hydrogen) atoms. The number of carbonyl (C=O) groups excluding carboxylic acids is 1. The maximum Gasteiger partial charge on any atom is 0.255 e. The molecule has 1 aliphatic rings. The summed E-state index contributed by atoms with van der Waals surface area (Å²) in [6.07, 6.45) is 1.66. The minimum atomic E-state index is -3.65. The molecule has 0 aliphatic carbocycles. The van der Waals surface area contributed by atoms with Crippen LogP contribution in [-0.4, -0.2) is 43.7 Å². The fourth-order valence-electron chi connectivity index (χ4n) is 3.24. The van der Waals surface area contributed by atoms with Gasteiger partial charge in [-0.1, -0.05) is 23.7 Å². The highest BCUT2D eigenvalue weighted by Crippen LogP contribution is 2.28. The fraction of sp³-hybridized carbons (Fsp3) is 0.350. The molecule has 0 aromatic heterocycles. The topological polar surface area (TPSA) is 57.7 Å². The summed E-state index contributed by atoms with van der Waals surface area (Å²) in [6, 6.07) is 9.75. The van der Waals surface area contributed by atoms with E-state index in [-0.39, 0.29) is 27.3 Å².